The highest BCUT2D eigenvalue weighted by atomic mass is 35.5. The average molecular weight is 749 g/mol. The van der Waals surface area contributed by atoms with Crippen molar-refractivity contribution >= 4 is 62.4 Å². The average Bonchev–Trinajstić information content (AvgIpc) is 3.86. The van der Waals surface area contributed by atoms with Crippen LogP contribution < -0.4 is 20.4 Å². The van der Waals surface area contributed by atoms with Gasteiger partial charge in [0.05, 0.1) is 10.8 Å². The minimum Gasteiger partial charge on any atom is -0.378 e. The second kappa shape index (κ2) is 16.7. The maximum absolute atomic E-state index is 6.07. The van der Waals surface area contributed by atoms with Gasteiger partial charge in [0.2, 0.25) is 0 Å². The summed E-state index contributed by atoms with van der Waals surface area (Å²) in [5.41, 5.74) is 10.4. The Labute approximate surface area is 326 Å². The summed E-state index contributed by atoms with van der Waals surface area (Å²) in [4.78, 5) is 28.9. The van der Waals surface area contributed by atoms with Gasteiger partial charge in [-0.05, 0) is 86.5 Å². The fourth-order valence-corrected chi connectivity index (χ4v) is 6.72. The zero-order valence-corrected chi connectivity index (χ0v) is 32.4. The molecule has 0 saturated carbocycles. The number of aromatic nitrogens is 6. The third kappa shape index (κ3) is 8.55. The van der Waals surface area contributed by atoms with Crippen LogP contribution in [0.2, 0.25) is 5.02 Å². The summed E-state index contributed by atoms with van der Waals surface area (Å²) >= 11 is 6.07. The summed E-state index contributed by atoms with van der Waals surface area (Å²) in [6.45, 7) is 8.51. The van der Waals surface area contributed by atoms with E-state index in [4.69, 9.17) is 11.6 Å². The van der Waals surface area contributed by atoms with Crippen molar-refractivity contribution in [3.63, 3.8) is 0 Å². The van der Waals surface area contributed by atoms with Crippen molar-refractivity contribution in [2.45, 2.75) is 26.8 Å². The van der Waals surface area contributed by atoms with Crippen LogP contribution in [0.15, 0.2) is 128 Å². The zero-order chi connectivity index (χ0) is 38.3. The van der Waals surface area contributed by atoms with Crippen LogP contribution in [0.5, 0.6) is 0 Å². The lowest BCUT2D eigenvalue weighted by atomic mass is 10.1. The summed E-state index contributed by atoms with van der Waals surface area (Å²) in [5, 5.41) is 9.45. The van der Waals surface area contributed by atoms with Crippen molar-refractivity contribution in [2.75, 3.05) is 47.6 Å². The molecule has 0 saturated heterocycles. The number of H-pyrrole nitrogens is 2. The molecule has 55 heavy (non-hydrogen) atoms. The molecule has 1 unspecified atom stereocenters. The van der Waals surface area contributed by atoms with E-state index in [1.165, 1.54) is 11.3 Å². The van der Waals surface area contributed by atoms with E-state index >= 15 is 0 Å². The van der Waals surface area contributed by atoms with Gasteiger partial charge >= 0.3 is 0 Å². The van der Waals surface area contributed by atoms with Gasteiger partial charge in [-0.2, -0.15) is 0 Å². The largest absolute Gasteiger partial charge is 0.378 e. The molecule has 0 aliphatic rings. The lowest BCUT2D eigenvalue weighted by Crippen LogP contribution is -2.21. The Morgan fingerprint density at radius 3 is 1.93 bits per heavy atom. The van der Waals surface area contributed by atoms with E-state index in [9.17, 15) is 0 Å². The number of rotatable bonds is 11. The molecular weight excluding hydrogens is 704 g/mol. The minimum absolute atomic E-state index is 0.154. The van der Waals surface area contributed by atoms with Gasteiger partial charge in [-0.1, -0.05) is 72.3 Å². The van der Waals surface area contributed by atoms with Crippen LogP contribution in [-0.2, 0) is 0 Å². The number of fused-ring (bicyclic) bond motifs is 2. The molecule has 11 heteroatoms. The fraction of sp³-hybridized carbons (Fsp3) is 0.182. The summed E-state index contributed by atoms with van der Waals surface area (Å²) in [6, 6.07) is 39.3. The SMILES string of the molecule is CCN(CC)c1ccc(-c2cc3c(NC(C)c4ccccc4)ncnc3[nH]2)cc1.CN(C)c1cccc(-c2cc3c(Nc4cccc(Cl)c4)ncnc3[nH]2)c1. The molecule has 0 aliphatic heterocycles. The van der Waals surface area contributed by atoms with Crippen LogP contribution in [0, 0.1) is 0 Å². The van der Waals surface area contributed by atoms with Gasteiger partial charge in [0.15, 0.2) is 0 Å². The topological polar surface area (TPSA) is 114 Å². The number of hydrogen-bond donors (Lipinski definition) is 4. The first kappa shape index (κ1) is 36.9. The number of halogens is 1. The molecule has 0 radical (unpaired) electrons. The molecule has 4 aromatic heterocycles. The van der Waals surface area contributed by atoms with Crippen molar-refractivity contribution in [1.29, 1.82) is 0 Å². The van der Waals surface area contributed by atoms with Crippen LogP contribution in [0.3, 0.4) is 0 Å². The Morgan fingerprint density at radius 1 is 0.636 bits per heavy atom. The highest BCUT2D eigenvalue weighted by Gasteiger charge is 2.14. The van der Waals surface area contributed by atoms with E-state index in [-0.39, 0.29) is 6.04 Å². The van der Waals surface area contributed by atoms with E-state index in [2.05, 4.69) is 150 Å². The Kier molecular flexibility index (Phi) is 11.2. The molecule has 4 N–H and O–H groups in total. The molecular formula is C44H45ClN10. The fourth-order valence-electron chi connectivity index (χ4n) is 6.53. The standard InChI is InChI=1S/C24H27N5.C20H18ClN5/c1-4-29(5-2)20-13-11-19(12-14-20)22-15-21-23(25-16-26-24(21)28-22)27-17(3)18-9-7-6-8-10-18;1-26(2)16-8-3-5-13(9-16)18-11-17-19(22-12-23-20(17)25-18)24-15-7-4-6-14(21)10-15/h6-17H,4-5H2,1-3H3,(H2,25,26,27,28);3-12H,1-2H3,(H2,22,23,24,25). The van der Waals surface area contributed by atoms with Crippen molar-refractivity contribution in [3.8, 4) is 22.5 Å². The van der Waals surface area contributed by atoms with E-state index in [0.29, 0.717) is 5.02 Å². The molecule has 0 aliphatic carbocycles. The van der Waals surface area contributed by atoms with E-state index < -0.39 is 0 Å². The first-order valence-electron chi connectivity index (χ1n) is 18.4. The second-order valence-corrected chi connectivity index (χ2v) is 13.8. The van der Waals surface area contributed by atoms with Crippen molar-refractivity contribution < 1.29 is 0 Å². The lowest BCUT2D eigenvalue weighted by Gasteiger charge is -2.21. The summed E-state index contributed by atoms with van der Waals surface area (Å²) < 4.78 is 0. The number of aromatic amines is 2. The Morgan fingerprint density at radius 2 is 1.27 bits per heavy atom. The van der Waals surface area contributed by atoms with E-state index in [1.54, 1.807) is 12.7 Å². The quantitative estimate of drug-likeness (QED) is 0.103. The first-order valence-corrected chi connectivity index (χ1v) is 18.8. The Hall–Kier alpha value is -6.39. The smallest absolute Gasteiger partial charge is 0.143 e. The van der Waals surface area contributed by atoms with Crippen molar-refractivity contribution in [3.05, 3.63) is 139 Å². The van der Waals surface area contributed by atoms with Gasteiger partial charge < -0.3 is 30.4 Å². The third-order valence-corrected chi connectivity index (χ3v) is 9.81. The van der Waals surface area contributed by atoms with Crippen LogP contribution in [0.25, 0.3) is 44.6 Å². The van der Waals surface area contributed by atoms with Crippen molar-refractivity contribution in [1.82, 2.24) is 29.9 Å². The predicted molar refractivity (Wildman–Crippen MR) is 230 cm³/mol. The van der Waals surface area contributed by atoms with Gasteiger partial charge in [0, 0.05) is 72.3 Å². The molecule has 8 rings (SSSR count). The van der Waals surface area contributed by atoms with Gasteiger partial charge in [0.25, 0.3) is 0 Å². The normalized spacial score (nSPS) is 11.5. The highest BCUT2D eigenvalue weighted by molar-refractivity contribution is 6.30. The van der Waals surface area contributed by atoms with Gasteiger partial charge in [-0.15, -0.1) is 0 Å². The molecule has 0 spiro atoms. The van der Waals surface area contributed by atoms with E-state index in [1.807, 2.05) is 50.5 Å². The number of anilines is 5. The number of hydrogen-bond acceptors (Lipinski definition) is 8. The predicted octanol–water partition coefficient (Wildman–Crippen LogP) is 10.7. The molecule has 1 atom stereocenters. The second-order valence-electron chi connectivity index (χ2n) is 13.4. The summed E-state index contributed by atoms with van der Waals surface area (Å²) in [5.74, 6) is 1.58. The van der Waals surface area contributed by atoms with Crippen molar-refractivity contribution in [2.24, 2.45) is 0 Å². The molecule has 0 bridgehead atoms. The lowest BCUT2D eigenvalue weighted by molar-refractivity contribution is 0.866. The molecule has 10 nitrogen and oxygen atoms in total. The number of nitrogens with one attached hydrogen (secondary N) is 4. The molecule has 0 fully saturated rings. The molecule has 4 heterocycles. The first-order chi connectivity index (χ1) is 26.8. The third-order valence-electron chi connectivity index (χ3n) is 9.57. The van der Waals surface area contributed by atoms with Crippen LogP contribution in [0.4, 0.5) is 28.7 Å². The van der Waals surface area contributed by atoms with Gasteiger partial charge in [-0.3, -0.25) is 0 Å². The molecule has 8 aromatic rings. The maximum atomic E-state index is 6.07. The van der Waals surface area contributed by atoms with Crippen LogP contribution in [-0.4, -0.2) is 57.1 Å². The Bertz CT molecular complexity index is 2490. The molecule has 278 valence electrons. The van der Waals surface area contributed by atoms with Crippen LogP contribution >= 0.6 is 11.6 Å². The monoisotopic (exact) mass is 748 g/mol. The van der Waals surface area contributed by atoms with Gasteiger partial charge in [-0.25, -0.2) is 19.9 Å². The maximum Gasteiger partial charge on any atom is 0.143 e. The molecule has 0 amide bonds. The summed E-state index contributed by atoms with van der Waals surface area (Å²) in [7, 11) is 4.06. The van der Waals surface area contributed by atoms with E-state index in [0.717, 1.165) is 80.7 Å². The minimum atomic E-state index is 0.154. The zero-order valence-electron chi connectivity index (χ0n) is 31.7. The Balaban J connectivity index is 0.000000170. The highest BCUT2D eigenvalue weighted by Crippen LogP contribution is 2.32. The number of benzene rings is 4. The molecule has 4 aromatic carbocycles. The number of nitrogens with zero attached hydrogens (tertiary/aromatic N) is 6. The van der Waals surface area contributed by atoms with Gasteiger partial charge in [0.1, 0.15) is 35.6 Å². The van der Waals surface area contributed by atoms with Crippen LogP contribution in [0.1, 0.15) is 32.4 Å². The summed E-state index contributed by atoms with van der Waals surface area (Å²) in [6.07, 6.45) is 3.15.